The molecule has 0 unspecified atom stereocenters. The first-order valence-corrected chi connectivity index (χ1v) is 5.53. The van der Waals surface area contributed by atoms with Gasteiger partial charge in [-0.1, -0.05) is 12.1 Å². The summed E-state index contributed by atoms with van der Waals surface area (Å²) in [6, 6.07) is 6.41. The zero-order valence-corrected chi connectivity index (χ0v) is 10.3. The summed E-state index contributed by atoms with van der Waals surface area (Å²) in [4.78, 5) is 13.0. The standard InChI is InChI=1S/C12H8F3N3O3/c13-12(14,15)11-5-10(8(6-17-11)18(19)20)21-9-4-2-1-3-7(9)16/h1-6H,16H2. The zero-order valence-electron chi connectivity index (χ0n) is 10.3. The van der Waals surface area contributed by atoms with Crippen molar-refractivity contribution in [3.05, 3.63) is 52.3 Å². The summed E-state index contributed by atoms with van der Waals surface area (Å²) in [7, 11) is 0. The second kappa shape index (κ2) is 5.27. The van der Waals surface area contributed by atoms with Gasteiger partial charge in [-0.25, -0.2) is 4.98 Å². The number of benzene rings is 1. The number of para-hydroxylation sites is 2. The number of ether oxygens (including phenoxy) is 1. The van der Waals surface area contributed by atoms with E-state index in [-0.39, 0.29) is 11.4 Å². The van der Waals surface area contributed by atoms with Crippen molar-refractivity contribution >= 4 is 11.4 Å². The second-order valence-electron chi connectivity index (χ2n) is 3.93. The molecule has 0 aliphatic rings. The third-order valence-corrected chi connectivity index (χ3v) is 2.47. The largest absolute Gasteiger partial charge is 0.448 e. The number of nitrogens with zero attached hydrogens (tertiary/aromatic N) is 2. The average Bonchev–Trinajstić information content (AvgIpc) is 2.40. The number of hydrogen-bond acceptors (Lipinski definition) is 5. The molecule has 0 aliphatic heterocycles. The maximum absolute atomic E-state index is 12.6. The second-order valence-corrected chi connectivity index (χ2v) is 3.93. The van der Waals surface area contributed by atoms with E-state index in [4.69, 9.17) is 10.5 Å². The molecule has 0 saturated carbocycles. The van der Waals surface area contributed by atoms with Crippen molar-refractivity contribution in [2.75, 3.05) is 5.73 Å². The summed E-state index contributed by atoms with van der Waals surface area (Å²) >= 11 is 0. The third-order valence-electron chi connectivity index (χ3n) is 2.47. The first-order valence-electron chi connectivity index (χ1n) is 5.53. The molecule has 0 radical (unpaired) electrons. The molecule has 2 aromatic rings. The van der Waals surface area contributed by atoms with Crippen LogP contribution in [0, 0.1) is 10.1 Å². The molecular weight excluding hydrogens is 291 g/mol. The number of hydrogen-bond donors (Lipinski definition) is 1. The van der Waals surface area contributed by atoms with Crippen molar-refractivity contribution < 1.29 is 22.8 Å². The molecule has 2 rings (SSSR count). The number of nitrogens with two attached hydrogens (primary N) is 1. The Morgan fingerprint density at radius 3 is 2.48 bits per heavy atom. The minimum absolute atomic E-state index is 0.0138. The van der Waals surface area contributed by atoms with Crippen molar-refractivity contribution in [3.8, 4) is 11.5 Å². The van der Waals surface area contributed by atoms with Crippen molar-refractivity contribution in [3.63, 3.8) is 0 Å². The van der Waals surface area contributed by atoms with Gasteiger partial charge in [-0.05, 0) is 12.1 Å². The van der Waals surface area contributed by atoms with Crippen LogP contribution in [-0.4, -0.2) is 9.91 Å². The summed E-state index contributed by atoms with van der Waals surface area (Å²) in [5.41, 5.74) is 3.74. The number of alkyl halides is 3. The van der Waals surface area contributed by atoms with Crippen molar-refractivity contribution in [1.82, 2.24) is 4.98 Å². The highest BCUT2D eigenvalue weighted by atomic mass is 19.4. The van der Waals surface area contributed by atoms with Crippen LogP contribution in [0.15, 0.2) is 36.5 Å². The van der Waals surface area contributed by atoms with Crippen LogP contribution < -0.4 is 10.5 Å². The number of anilines is 1. The molecular formula is C12H8F3N3O3. The highest BCUT2D eigenvalue weighted by Crippen LogP contribution is 2.37. The van der Waals surface area contributed by atoms with Crippen LogP contribution in [0.1, 0.15) is 5.69 Å². The minimum atomic E-state index is -4.74. The van der Waals surface area contributed by atoms with E-state index in [9.17, 15) is 23.3 Å². The lowest BCUT2D eigenvalue weighted by molar-refractivity contribution is -0.386. The molecule has 0 bridgehead atoms. The molecule has 1 aromatic heterocycles. The lowest BCUT2D eigenvalue weighted by atomic mass is 10.2. The van der Waals surface area contributed by atoms with Gasteiger partial charge in [-0.3, -0.25) is 10.1 Å². The topological polar surface area (TPSA) is 91.3 Å². The molecule has 1 heterocycles. The van der Waals surface area contributed by atoms with Gasteiger partial charge in [0, 0.05) is 6.07 Å². The van der Waals surface area contributed by atoms with Crippen molar-refractivity contribution in [1.29, 1.82) is 0 Å². The van der Waals surface area contributed by atoms with Crippen LogP contribution in [0.4, 0.5) is 24.5 Å². The maximum Gasteiger partial charge on any atom is 0.433 e. The predicted octanol–water partition coefficient (Wildman–Crippen LogP) is 3.38. The quantitative estimate of drug-likeness (QED) is 0.533. The van der Waals surface area contributed by atoms with Crippen LogP contribution >= 0.6 is 0 Å². The van der Waals surface area contributed by atoms with E-state index in [0.29, 0.717) is 12.3 Å². The van der Waals surface area contributed by atoms with Crippen molar-refractivity contribution in [2.24, 2.45) is 0 Å². The molecule has 2 N–H and O–H groups in total. The Labute approximate surface area is 116 Å². The Balaban J connectivity index is 2.49. The Kier molecular flexibility index (Phi) is 3.66. The monoisotopic (exact) mass is 299 g/mol. The van der Waals surface area contributed by atoms with Gasteiger partial charge in [-0.15, -0.1) is 0 Å². The molecule has 0 fully saturated rings. The third kappa shape index (κ3) is 3.19. The lowest BCUT2D eigenvalue weighted by Gasteiger charge is -2.10. The van der Waals surface area contributed by atoms with E-state index in [1.165, 1.54) is 18.2 Å². The minimum Gasteiger partial charge on any atom is -0.448 e. The average molecular weight is 299 g/mol. The first kappa shape index (κ1) is 14.6. The van der Waals surface area contributed by atoms with E-state index in [0.717, 1.165) is 0 Å². The normalized spacial score (nSPS) is 11.2. The summed E-state index contributed by atoms with van der Waals surface area (Å²) in [5, 5.41) is 10.8. The van der Waals surface area contributed by atoms with E-state index in [1.807, 2.05) is 0 Å². The van der Waals surface area contributed by atoms with Gasteiger partial charge in [0.05, 0.1) is 10.6 Å². The molecule has 0 saturated heterocycles. The van der Waals surface area contributed by atoms with Gasteiger partial charge >= 0.3 is 11.9 Å². The highest BCUT2D eigenvalue weighted by molar-refractivity contribution is 5.56. The molecule has 0 amide bonds. The Bertz CT molecular complexity index is 689. The number of aromatic nitrogens is 1. The van der Waals surface area contributed by atoms with Gasteiger partial charge < -0.3 is 10.5 Å². The van der Waals surface area contributed by atoms with Gasteiger partial charge in [0.2, 0.25) is 5.75 Å². The molecule has 9 heteroatoms. The SMILES string of the molecule is Nc1ccccc1Oc1cc(C(F)(F)F)ncc1[N+](=O)[O-]. The highest BCUT2D eigenvalue weighted by Gasteiger charge is 2.35. The first-order chi connectivity index (χ1) is 9.79. The van der Waals surface area contributed by atoms with E-state index >= 15 is 0 Å². The van der Waals surface area contributed by atoms with E-state index in [1.54, 1.807) is 6.07 Å². The number of rotatable bonds is 3. The fourth-order valence-corrected chi connectivity index (χ4v) is 1.50. The van der Waals surface area contributed by atoms with Crippen LogP contribution in [-0.2, 0) is 6.18 Å². The van der Waals surface area contributed by atoms with Crippen molar-refractivity contribution in [2.45, 2.75) is 6.18 Å². The fraction of sp³-hybridized carbons (Fsp3) is 0.0833. The van der Waals surface area contributed by atoms with E-state index < -0.39 is 28.2 Å². The summed E-state index contributed by atoms with van der Waals surface area (Å²) < 4.78 is 42.9. The Morgan fingerprint density at radius 2 is 1.90 bits per heavy atom. The molecule has 6 nitrogen and oxygen atoms in total. The van der Waals surface area contributed by atoms with Crippen LogP contribution in [0.5, 0.6) is 11.5 Å². The Hall–Kier alpha value is -2.84. The van der Waals surface area contributed by atoms with Gasteiger partial charge in [0.15, 0.2) is 5.75 Å². The zero-order chi connectivity index (χ0) is 15.6. The molecule has 0 atom stereocenters. The summed E-state index contributed by atoms with van der Waals surface area (Å²) in [6.07, 6.45) is -4.24. The molecule has 1 aromatic carbocycles. The number of nitrogen functional groups attached to an aromatic ring is 1. The van der Waals surface area contributed by atoms with Gasteiger partial charge in [-0.2, -0.15) is 13.2 Å². The molecule has 0 aliphatic carbocycles. The molecule has 0 spiro atoms. The number of pyridine rings is 1. The predicted molar refractivity (Wildman–Crippen MR) is 66.8 cm³/mol. The molecule has 110 valence electrons. The Morgan fingerprint density at radius 1 is 1.24 bits per heavy atom. The fourth-order valence-electron chi connectivity index (χ4n) is 1.50. The maximum atomic E-state index is 12.6. The lowest BCUT2D eigenvalue weighted by Crippen LogP contribution is -2.09. The van der Waals surface area contributed by atoms with Crippen LogP contribution in [0.3, 0.4) is 0 Å². The number of nitro groups is 1. The summed E-state index contributed by atoms with van der Waals surface area (Å²) in [6.45, 7) is 0. The smallest absolute Gasteiger partial charge is 0.433 e. The van der Waals surface area contributed by atoms with E-state index in [2.05, 4.69) is 4.98 Å². The number of halogens is 3. The van der Waals surface area contributed by atoms with Gasteiger partial charge in [0.25, 0.3) is 0 Å². The van der Waals surface area contributed by atoms with Crippen LogP contribution in [0.2, 0.25) is 0 Å². The summed E-state index contributed by atoms with van der Waals surface area (Å²) in [5.74, 6) is -0.569. The van der Waals surface area contributed by atoms with Crippen LogP contribution in [0.25, 0.3) is 0 Å². The van der Waals surface area contributed by atoms with Gasteiger partial charge in [0.1, 0.15) is 11.9 Å². The molecule has 21 heavy (non-hydrogen) atoms.